The minimum absolute atomic E-state index is 0.0274. The zero-order valence-corrected chi connectivity index (χ0v) is 18.4. The first-order valence-electron chi connectivity index (χ1n) is 10.1. The quantitative estimate of drug-likeness (QED) is 0.600. The van der Waals surface area contributed by atoms with Gasteiger partial charge in [0.2, 0.25) is 15.9 Å². The van der Waals surface area contributed by atoms with E-state index in [1.807, 2.05) is 0 Å². The van der Waals surface area contributed by atoms with Gasteiger partial charge in [-0.3, -0.25) is 9.59 Å². The van der Waals surface area contributed by atoms with Gasteiger partial charge in [-0.2, -0.15) is 13.2 Å². The molecule has 0 spiro atoms. The number of rotatable bonds is 8. The lowest BCUT2D eigenvalue weighted by atomic mass is 9.95. The summed E-state index contributed by atoms with van der Waals surface area (Å²) in [6.07, 6.45) is -3.04. The summed E-state index contributed by atoms with van der Waals surface area (Å²) in [6, 6.07) is 4.10. The van der Waals surface area contributed by atoms with Crippen LogP contribution in [-0.2, 0) is 21.0 Å². The van der Waals surface area contributed by atoms with Gasteiger partial charge in [-0.25, -0.2) is 12.7 Å². The SMILES string of the molecule is CCS(=O)(=O)N(C)CCCNC(=O)C1CCN(C(=O)c2ccc(C(F)(F)F)cc2)CC1. The number of hydrogen-bond acceptors (Lipinski definition) is 4. The Balaban J connectivity index is 1.76. The van der Waals surface area contributed by atoms with Crippen LogP contribution < -0.4 is 5.32 Å². The van der Waals surface area contributed by atoms with Crippen molar-refractivity contribution < 1.29 is 31.2 Å². The average Bonchev–Trinajstić information content (AvgIpc) is 2.75. The first kappa shape index (κ1) is 25.1. The van der Waals surface area contributed by atoms with Gasteiger partial charge < -0.3 is 10.2 Å². The van der Waals surface area contributed by atoms with E-state index in [9.17, 15) is 31.2 Å². The fourth-order valence-electron chi connectivity index (χ4n) is 3.35. The maximum Gasteiger partial charge on any atom is 0.416 e. The van der Waals surface area contributed by atoms with Crippen LogP contribution in [0.3, 0.4) is 0 Å². The highest BCUT2D eigenvalue weighted by Gasteiger charge is 2.31. The Morgan fingerprint density at radius 3 is 2.26 bits per heavy atom. The molecule has 1 aliphatic rings. The standard InChI is InChI=1S/C20H28F3N3O4S/c1-3-31(29,30)25(2)12-4-11-24-18(27)15-9-13-26(14-10-15)19(28)16-5-7-17(8-6-16)20(21,22)23/h5-8,15H,3-4,9-14H2,1-2H3,(H,24,27). The summed E-state index contributed by atoms with van der Waals surface area (Å²) in [7, 11) is -1.73. The van der Waals surface area contributed by atoms with Crippen LogP contribution in [0.1, 0.15) is 42.1 Å². The zero-order chi connectivity index (χ0) is 23.2. The third-order valence-electron chi connectivity index (χ3n) is 5.40. The number of nitrogens with one attached hydrogen (secondary N) is 1. The van der Waals surface area contributed by atoms with Gasteiger partial charge in [-0.1, -0.05) is 0 Å². The van der Waals surface area contributed by atoms with Crippen molar-refractivity contribution in [1.29, 1.82) is 0 Å². The summed E-state index contributed by atoms with van der Waals surface area (Å²) >= 11 is 0. The van der Waals surface area contributed by atoms with Crippen LogP contribution in [0.4, 0.5) is 13.2 Å². The predicted octanol–water partition coefficient (Wildman–Crippen LogP) is 2.35. The highest BCUT2D eigenvalue weighted by atomic mass is 32.2. The zero-order valence-electron chi connectivity index (χ0n) is 17.6. The maximum absolute atomic E-state index is 12.7. The highest BCUT2D eigenvalue weighted by Crippen LogP contribution is 2.29. The number of carbonyl (C=O) groups excluding carboxylic acids is 2. The van der Waals surface area contributed by atoms with Crippen LogP contribution in [0, 0.1) is 5.92 Å². The molecule has 1 heterocycles. The number of likely N-dealkylation sites (tertiary alicyclic amines) is 1. The summed E-state index contributed by atoms with van der Waals surface area (Å²) < 4.78 is 62.6. The van der Waals surface area contributed by atoms with E-state index >= 15 is 0 Å². The lowest BCUT2D eigenvalue weighted by molar-refractivity contribution is -0.137. The molecule has 0 radical (unpaired) electrons. The van der Waals surface area contributed by atoms with Crippen molar-refractivity contribution in [3.8, 4) is 0 Å². The molecular formula is C20H28F3N3O4S. The number of amides is 2. The molecule has 1 saturated heterocycles. The molecular weight excluding hydrogens is 435 g/mol. The Labute approximate surface area is 180 Å². The molecule has 1 aromatic rings. The fraction of sp³-hybridized carbons (Fsp3) is 0.600. The van der Waals surface area contributed by atoms with Crippen LogP contribution in [0.15, 0.2) is 24.3 Å². The van der Waals surface area contributed by atoms with Crippen LogP contribution in [-0.4, -0.2) is 68.4 Å². The molecule has 31 heavy (non-hydrogen) atoms. The number of sulfonamides is 1. The molecule has 2 amide bonds. The van der Waals surface area contributed by atoms with E-state index in [0.29, 0.717) is 45.4 Å². The van der Waals surface area contributed by atoms with Crippen molar-refractivity contribution in [3.05, 3.63) is 35.4 Å². The van der Waals surface area contributed by atoms with Crippen molar-refractivity contribution in [1.82, 2.24) is 14.5 Å². The van der Waals surface area contributed by atoms with Crippen LogP contribution in [0.5, 0.6) is 0 Å². The van der Waals surface area contributed by atoms with E-state index in [1.54, 1.807) is 6.92 Å². The average molecular weight is 464 g/mol. The number of nitrogens with zero attached hydrogens (tertiary/aromatic N) is 2. The van der Waals surface area contributed by atoms with Crippen LogP contribution >= 0.6 is 0 Å². The van der Waals surface area contributed by atoms with Gasteiger partial charge in [0, 0.05) is 44.7 Å². The predicted molar refractivity (Wildman–Crippen MR) is 110 cm³/mol. The van der Waals surface area contributed by atoms with Crippen molar-refractivity contribution in [3.63, 3.8) is 0 Å². The minimum Gasteiger partial charge on any atom is -0.356 e. The summed E-state index contributed by atoms with van der Waals surface area (Å²) in [4.78, 5) is 26.4. The van der Waals surface area contributed by atoms with Gasteiger partial charge in [0.05, 0.1) is 11.3 Å². The molecule has 1 aliphatic heterocycles. The number of hydrogen-bond donors (Lipinski definition) is 1. The summed E-state index contributed by atoms with van der Waals surface area (Å²) in [5.74, 6) is -0.719. The Hall–Kier alpha value is -2.14. The molecule has 7 nitrogen and oxygen atoms in total. The highest BCUT2D eigenvalue weighted by molar-refractivity contribution is 7.89. The molecule has 1 N–H and O–H groups in total. The number of alkyl halides is 3. The molecule has 1 aromatic carbocycles. The molecule has 11 heteroatoms. The van der Waals surface area contributed by atoms with Gasteiger partial charge in [0.15, 0.2) is 0 Å². The van der Waals surface area contributed by atoms with Crippen molar-refractivity contribution in [2.45, 2.75) is 32.4 Å². The Morgan fingerprint density at radius 1 is 1.16 bits per heavy atom. The van der Waals surface area contributed by atoms with Gasteiger partial charge in [-0.05, 0) is 50.5 Å². The second-order valence-corrected chi connectivity index (χ2v) is 9.87. The largest absolute Gasteiger partial charge is 0.416 e. The molecule has 0 unspecified atom stereocenters. The van der Waals surface area contributed by atoms with E-state index in [0.717, 1.165) is 12.1 Å². The van der Waals surface area contributed by atoms with Crippen molar-refractivity contribution in [2.24, 2.45) is 5.92 Å². The molecule has 0 atom stereocenters. The third-order valence-corrected chi connectivity index (χ3v) is 7.26. The lowest BCUT2D eigenvalue weighted by Crippen LogP contribution is -2.43. The first-order valence-corrected chi connectivity index (χ1v) is 11.7. The molecule has 0 bridgehead atoms. The second-order valence-electron chi connectivity index (χ2n) is 7.51. The number of halogens is 3. The third kappa shape index (κ3) is 6.93. The summed E-state index contributed by atoms with van der Waals surface area (Å²) in [5.41, 5.74) is -0.625. The number of benzene rings is 1. The minimum atomic E-state index is -4.45. The molecule has 174 valence electrons. The Bertz CT molecular complexity index is 865. The normalized spacial score (nSPS) is 15.9. The fourth-order valence-corrected chi connectivity index (χ4v) is 4.19. The second kappa shape index (κ2) is 10.4. The summed E-state index contributed by atoms with van der Waals surface area (Å²) in [6.45, 7) is 2.93. The van der Waals surface area contributed by atoms with E-state index in [-0.39, 0.29) is 29.0 Å². The topological polar surface area (TPSA) is 86.8 Å². The van der Waals surface area contributed by atoms with Crippen LogP contribution in [0.2, 0.25) is 0 Å². The molecule has 0 aliphatic carbocycles. The maximum atomic E-state index is 12.7. The molecule has 0 saturated carbocycles. The van der Waals surface area contributed by atoms with Gasteiger partial charge in [-0.15, -0.1) is 0 Å². The lowest BCUT2D eigenvalue weighted by Gasteiger charge is -2.31. The van der Waals surface area contributed by atoms with Crippen molar-refractivity contribution >= 4 is 21.8 Å². The Kier molecular flexibility index (Phi) is 8.47. The Morgan fingerprint density at radius 2 is 1.74 bits per heavy atom. The van der Waals surface area contributed by atoms with Crippen molar-refractivity contribution in [2.75, 3.05) is 39.0 Å². The van der Waals surface area contributed by atoms with Gasteiger partial charge >= 0.3 is 6.18 Å². The van der Waals surface area contributed by atoms with E-state index in [2.05, 4.69) is 5.32 Å². The molecule has 1 fully saturated rings. The van der Waals surface area contributed by atoms with E-state index < -0.39 is 21.8 Å². The summed E-state index contributed by atoms with van der Waals surface area (Å²) in [5, 5.41) is 2.80. The monoisotopic (exact) mass is 463 g/mol. The van der Waals surface area contributed by atoms with Crippen LogP contribution in [0.25, 0.3) is 0 Å². The number of carbonyl (C=O) groups is 2. The smallest absolute Gasteiger partial charge is 0.356 e. The number of piperidine rings is 1. The first-order chi connectivity index (χ1) is 14.5. The van der Waals surface area contributed by atoms with Gasteiger partial charge in [0.1, 0.15) is 0 Å². The van der Waals surface area contributed by atoms with Gasteiger partial charge in [0.25, 0.3) is 5.91 Å². The van der Waals surface area contributed by atoms with E-state index in [1.165, 1.54) is 28.4 Å². The molecule has 0 aromatic heterocycles. The van der Waals surface area contributed by atoms with E-state index in [4.69, 9.17) is 0 Å². The molecule has 2 rings (SSSR count).